The van der Waals surface area contributed by atoms with E-state index in [-0.39, 0.29) is 0 Å². The van der Waals surface area contributed by atoms with Crippen molar-refractivity contribution in [2.75, 3.05) is 0 Å². The Labute approximate surface area is 60.9 Å². The molecule has 0 spiro atoms. The van der Waals surface area contributed by atoms with Gasteiger partial charge in [0.05, 0.1) is 0 Å². The van der Waals surface area contributed by atoms with E-state index in [9.17, 15) is 4.79 Å². The van der Waals surface area contributed by atoms with E-state index < -0.39 is 16.9 Å². The van der Waals surface area contributed by atoms with Crippen molar-refractivity contribution in [1.29, 1.82) is 0 Å². The van der Waals surface area contributed by atoms with Crippen molar-refractivity contribution in [3.8, 4) is 0 Å². The van der Waals surface area contributed by atoms with Gasteiger partial charge in [-0.15, -0.1) is 0 Å². The summed E-state index contributed by atoms with van der Waals surface area (Å²) in [4.78, 5) is 9.60. The van der Waals surface area contributed by atoms with Crippen molar-refractivity contribution in [1.82, 2.24) is 0 Å². The first-order chi connectivity index (χ1) is 4.50. The van der Waals surface area contributed by atoms with Gasteiger partial charge in [-0.1, -0.05) is 6.92 Å². The second-order valence-corrected chi connectivity index (χ2v) is 2.00. The standard InChI is InChI=1S/C4H8O2.H3NO2S/c1-2-3-4(5)6;1-4(2)3/h2-3H2,1H3,(H,5,6);4H,(H2,1,2,3). The SMILES string of the molecule is CCCC(=O)O.N[SH](=O)=O. The molecular formula is C4H11NO4S. The summed E-state index contributed by atoms with van der Waals surface area (Å²) in [5.74, 6) is -0.711. The smallest absolute Gasteiger partial charge is 0.303 e. The van der Waals surface area contributed by atoms with Gasteiger partial charge in [-0.2, -0.15) is 0 Å². The average Bonchev–Trinajstić information content (AvgIpc) is 1.62. The normalized spacial score (nSPS) is 8.30. The molecule has 6 heteroatoms. The molecule has 5 nitrogen and oxygen atoms in total. The van der Waals surface area contributed by atoms with E-state index >= 15 is 0 Å². The van der Waals surface area contributed by atoms with Crippen LogP contribution in [0.2, 0.25) is 0 Å². The highest BCUT2D eigenvalue weighted by molar-refractivity contribution is 7.69. The van der Waals surface area contributed by atoms with Crippen LogP contribution < -0.4 is 5.14 Å². The Morgan fingerprint density at radius 1 is 1.60 bits per heavy atom. The van der Waals surface area contributed by atoms with Gasteiger partial charge in [-0.3, -0.25) is 4.79 Å². The molecule has 0 saturated heterocycles. The Morgan fingerprint density at radius 3 is 1.90 bits per heavy atom. The molecule has 0 heterocycles. The molecule has 0 rings (SSSR count). The average molecular weight is 169 g/mol. The van der Waals surface area contributed by atoms with Crippen LogP contribution in [0.5, 0.6) is 0 Å². The molecular weight excluding hydrogens is 158 g/mol. The number of hydrogen-bond donors (Lipinski definition) is 3. The van der Waals surface area contributed by atoms with E-state index in [1.165, 1.54) is 0 Å². The first kappa shape index (κ1) is 12.1. The summed E-state index contributed by atoms with van der Waals surface area (Å²) < 4.78 is 17.6. The third kappa shape index (κ3) is 53.0. The van der Waals surface area contributed by atoms with Gasteiger partial charge in [0.1, 0.15) is 0 Å². The molecule has 0 saturated carbocycles. The monoisotopic (exact) mass is 169 g/mol. The summed E-state index contributed by atoms with van der Waals surface area (Å²) in [5, 5.41) is 12.0. The van der Waals surface area contributed by atoms with Gasteiger partial charge < -0.3 is 5.11 Å². The second-order valence-electron chi connectivity index (χ2n) is 1.43. The maximum Gasteiger partial charge on any atom is 0.303 e. The largest absolute Gasteiger partial charge is 0.481 e. The molecule has 62 valence electrons. The van der Waals surface area contributed by atoms with Crippen LogP contribution in [0.1, 0.15) is 19.8 Å². The van der Waals surface area contributed by atoms with Crippen molar-refractivity contribution in [3.63, 3.8) is 0 Å². The van der Waals surface area contributed by atoms with Crippen LogP contribution in [0.4, 0.5) is 0 Å². The molecule has 0 aliphatic heterocycles. The van der Waals surface area contributed by atoms with Crippen molar-refractivity contribution in [2.45, 2.75) is 19.8 Å². The molecule has 0 aromatic rings. The highest BCUT2D eigenvalue weighted by Gasteiger charge is 1.87. The lowest BCUT2D eigenvalue weighted by Crippen LogP contribution is -1.90. The van der Waals surface area contributed by atoms with Gasteiger partial charge in [0.25, 0.3) is 0 Å². The first-order valence-corrected chi connectivity index (χ1v) is 3.86. The maximum absolute atomic E-state index is 9.60. The number of aliphatic carboxylic acids is 1. The number of carboxylic acids is 1. The van der Waals surface area contributed by atoms with Crippen LogP contribution in [0, 0.1) is 0 Å². The Morgan fingerprint density at radius 2 is 1.90 bits per heavy atom. The van der Waals surface area contributed by atoms with Crippen molar-refractivity contribution >= 4 is 16.9 Å². The zero-order valence-corrected chi connectivity index (χ0v) is 6.51. The fourth-order valence-corrected chi connectivity index (χ4v) is 0.214. The predicted octanol–water partition coefficient (Wildman–Crippen LogP) is -0.657. The highest BCUT2D eigenvalue weighted by Crippen LogP contribution is 1.82. The summed E-state index contributed by atoms with van der Waals surface area (Å²) in [6, 6.07) is 0. The van der Waals surface area contributed by atoms with Gasteiger partial charge in [0.15, 0.2) is 10.9 Å². The fraction of sp³-hybridized carbons (Fsp3) is 0.750. The molecule has 0 radical (unpaired) electrons. The lowest BCUT2D eigenvalue weighted by Gasteiger charge is -1.79. The van der Waals surface area contributed by atoms with E-state index in [0.717, 1.165) is 6.42 Å². The zero-order chi connectivity index (χ0) is 8.57. The molecule has 0 bridgehead atoms. The van der Waals surface area contributed by atoms with Crippen LogP contribution in [-0.4, -0.2) is 19.5 Å². The van der Waals surface area contributed by atoms with Crippen molar-refractivity contribution in [2.24, 2.45) is 5.14 Å². The minimum Gasteiger partial charge on any atom is -0.481 e. The van der Waals surface area contributed by atoms with Crippen LogP contribution in [0.15, 0.2) is 0 Å². The van der Waals surface area contributed by atoms with E-state index in [0.29, 0.717) is 6.42 Å². The van der Waals surface area contributed by atoms with Crippen molar-refractivity contribution in [3.05, 3.63) is 0 Å². The number of carboxylic acid groups (broad SMARTS) is 1. The molecule has 0 aromatic heterocycles. The fourth-order valence-electron chi connectivity index (χ4n) is 0.214. The molecule has 10 heavy (non-hydrogen) atoms. The van der Waals surface area contributed by atoms with E-state index in [1.807, 2.05) is 6.92 Å². The highest BCUT2D eigenvalue weighted by atomic mass is 32.2. The first-order valence-electron chi connectivity index (χ1n) is 2.61. The van der Waals surface area contributed by atoms with E-state index in [4.69, 9.17) is 13.5 Å². The number of hydrogen-bond acceptors (Lipinski definition) is 3. The number of carbonyl (C=O) groups is 1. The Bertz CT molecular complexity index is 145. The lowest BCUT2D eigenvalue weighted by atomic mass is 10.4. The maximum atomic E-state index is 9.60. The topological polar surface area (TPSA) is 97.5 Å². The van der Waals surface area contributed by atoms with Crippen LogP contribution in [0.25, 0.3) is 0 Å². The summed E-state index contributed by atoms with van der Waals surface area (Å²) in [6.45, 7) is 1.84. The molecule has 0 fully saturated rings. The number of nitrogens with two attached hydrogens (primary N) is 1. The molecule has 0 aromatic carbocycles. The van der Waals surface area contributed by atoms with E-state index in [1.54, 1.807) is 0 Å². The molecule has 0 atom stereocenters. The van der Waals surface area contributed by atoms with Crippen molar-refractivity contribution < 1.29 is 18.3 Å². The third-order valence-electron chi connectivity index (χ3n) is 0.464. The summed E-state index contributed by atoms with van der Waals surface area (Å²) in [6.07, 6.45) is 1.02. The zero-order valence-electron chi connectivity index (χ0n) is 5.61. The van der Waals surface area contributed by atoms with Gasteiger partial charge in [-0.25, -0.2) is 13.6 Å². The molecule has 3 N–H and O–H groups in total. The van der Waals surface area contributed by atoms with Gasteiger partial charge in [0.2, 0.25) is 0 Å². The van der Waals surface area contributed by atoms with Gasteiger partial charge >= 0.3 is 5.97 Å². The lowest BCUT2D eigenvalue weighted by molar-refractivity contribution is -0.137. The summed E-state index contributed by atoms with van der Waals surface area (Å²) in [7, 11) is -2.62. The Kier molecular flexibility index (Phi) is 10.1. The molecule has 0 aliphatic rings. The van der Waals surface area contributed by atoms with Crippen LogP contribution in [0.3, 0.4) is 0 Å². The quantitative estimate of drug-likeness (QED) is 0.478. The van der Waals surface area contributed by atoms with Crippen LogP contribution in [-0.2, 0) is 15.7 Å². The predicted molar refractivity (Wildman–Crippen MR) is 37.0 cm³/mol. The summed E-state index contributed by atoms with van der Waals surface area (Å²) in [5.41, 5.74) is 0. The number of rotatable bonds is 2. The van der Waals surface area contributed by atoms with Gasteiger partial charge in [0, 0.05) is 6.42 Å². The molecule has 0 amide bonds. The molecule has 0 aliphatic carbocycles. The minimum absolute atomic E-state index is 0.292. The Balaban J connectivity index is 0. The Hall–Kier alpha value is -0.620. The minimum atomic E-state index is -2.62. The van der Waals surface area contributed by atoms with Crippen LogP contribution >= 0.6 is 0 Å². The second kappa shape index (κ2) is 8.38. The third-order valence-corrected chi connectivity index (χ3v) is 0.464. The number of thiol groups is 1. The van der Waals surface area contributed by atoms with Gasteiger partial charge in [-0.05, 0) is 6.42 Å². The summed E-state index contributed by atoms with van der Waals surface area (Å²) >= 11 is 0. The molecule has 0 unspecified atom stereocenters. The van der Waals surface area contributed by atoms with E-state index in [2.05, 4.69) is 5.14 Å².